The highest BCUT2D eigenvalue weighted by Gasteiger charge is 2.33. The number of hydrogen-bond donors (Lipinski definition) is 2. The fraction of sp³-hybridized carbons (Fsp3) is 0.478. The second kappa shape index (κ2) is 10.2. The number of aromatic nitrogens is 2. The van der Waals surface area contributed by atoms with Crippen molar-refractivity contribution in [2.24, 2.45) is 5.92 Å². The number of nitrogens with two attached hydrogens (primary N) is 1. The Hall–Kier alpha value is -3.18. The van der Waals surface area contributed by atoms with Crippen LogP contribution in [0.15, 0.2) is 30.6 Å². The Labute approximate surface area is 184 Å². The first-order valence-electron chi connectivity index (χ1n) is 10.8. The first-order valence-corrected chi connectivity index (χ1v) is 10.8. The van der Waals surface area contributed by atoms with Gasteiger partial charge >= 0.3 is 0 Å². The van der Waals surface area contributed by atoms with Crippen LogP contribution >= 0.6 is 0 Å². The summed E-state index contributed by atoms with van der Waals surface area (Å²) in [5, 5.41) is 11.6. The molecule has 0 saturated carbocycles. The first kappa shape index (κ1) is 22.5. The van der Waals surface area contributed by atoms with Crippen LogP contribution in [0.1, 0.15) is 38.4 Å². The minimum Gasteiger partial charge on any atom is -0.382 e. The Morgan fingerprint density at radius 3 is 2.61 bits per heavy atom. The fourth-order valence-corrected chi connectivity index (χ4v) is 4.39. The molecule has 164 valence electrons. The third kappa shape index (κ3) is 5.30. The number of nitrogen functional groups attached to an aromatic ring is 1. The Morgan fingerprint density at radius 1 is 1.29 bits per heavy atom. The van der Waals surface area contributed by atoms with Gasteiger partial charge in [-0.3, -0.25) is 4.79 Å². The zero-order valence-electron chi connectivity index (χ0n) is 18.5. The summed E-state index contributed by atoms with van der Waals surface area (Å²) < 4.78 is 0. The summed E-state index contributed by atoms with van der Waals surface area (Å²) in [6.07, 6.45) is 4.76. The van der Waals surface area contributed by atoms with Crippen LogP contribution in [0.5, 0.6) is 0 Å². The molecule has 8 heteroatoms. The van der Waals surface area contributed by atoms with E-state index in [0.29, 0.717) is 17.8 Å². The zero-order chi connectivity index (χ0) is 22.4. The van der Waals surface area contributed by atoms with Gasteiger partial charge in [0.2, 0.25) is 5.91 Å². The number of nitrogens with zero attached hydrogens (tertiary/aromatic N) is 5. The molecule has 0 unspecified atom stereocenters. The van der Waals surface area contributed by atoms with E-state index in [1.807, 2.05) is 11.0 Å². The van der Waals surface area contributed by atoms with Crippen molar-refractivity contribution >= 4 is 23.1 Å². The van der Waals surface area contributed by atoms with Crippen LogP contribution in [0.2, 0.25) is 0 Å². The molecule has 2 aromatic rings. The summed E-state index contributed by atoms with van der Waals surface area (Å²) in [5.74, 6) is 1.00. The Kier molecular flexibility index (Phi) is 7.42. The summed E-state index contributed by atoms with van der Waals surface area (Å²) in [5.41, 5.74) is 9.22. The lowest BCUT2D eigenvalue weighted by molar-refractivity contribution is -0.117. The average molecular weight is 422 g/mol. The van der Waals surface area contributed by atoms with Crippen molar-refractivity contribution < 1.29 is 4.79 Å². The van der Waals surface area contributed by atoms with Gasteiger partial charge in [-0.25, -0.2) is 9.97 Å². The molecule has 1 saturated heterocycles. The summed E-state index contributed by atoms with van der Waals surface area (Å²) >= 11 is 0. The summed E-state index contributed by atoms with van der Waals surface area (Å²) in [6, 6.07) is 8.80. The topological polar surface area (TPSA) is 111 Å². The molecule has 0 spiro atoms. The molecular weight excluding hydrogens is 390 g/mol. The van der Waals surface area contributed by atoms with Gasteiger partial charge in [0.15, 0.2) is 5.69 Å². The normalized spacial score (nSPS) is 20.2. The van der Waals surface area contributed by atoms with Crippen molar-refractivity contribution in [3.63, 3.8) is 0 Å². The summed E-state index contributed by atoms with van der Waals surface area (Å²) in [7, 11) is 0. The van der Waals surface area contributed by atoms with E-state index < -0.39 is 0 Å². The fourth-order valence-electron chi connectivity index (χ4n) is 4.39. The quantitative estimate of drug-likeness (QED) is 0.765. The van der Waals surface area contributed by atoms with E-state index in [9.17, 15) is 4.79 Å². The van der Waals surface area contributed by atoms with E-state index in [2.05, 4.69) is 52.2 Å². The molecule has 0 aliphatic carbocycles. The highest BCUT2D eigenvalue weighted by atomic mass is 16.2. The number of benzene rings is 1. The standard InChI is InChI=1S/C18H27N3O.C5H4N4/c1-4-17-13(2)11-15-12-16(20-9-7-19-8-10-20)5-6-18(15)21(17)14(3)22;6-1-4-2-9-5(7)3-8-4/h5-6,12-13,17,19H,4,7-11H2,1-3H3;2-3H,(H2,7,9)/t13-,17+;/m1./s1. The maximum Gasteiger partial charge on any atom is 0.224 e. The zero-order valence-corrected chi connectivity index (χ0v) is 18.5. The minimum atomic E-state index is 0.162. The van der Waals surface area contributed by atoms with Crippen molar-refractivity contribution in [2.45, 2.75) is 39.7 Å². The molecule has 0 radical (unpaired) electrons. The van der Waals surface area contributed by atoms with Gasteiger partial charge in [0.25, 0.3) is 0 Å². The van der Waals surface area contributed by atoms with Gasteiger partial charge in [0.1, 0.15) is 11.9 Å². The first-order chi connectivity index (χ1) is 14.9. The minimum absolute atomic E-state index is 0.162. The molecule has 3 N–H and O–H groups in total. The van der Waals surface area contributed by atoms with E-state index in [-0.39, 0.29) is 11.6 Å². The Morgan fingerprint density at radius 2 is 2.03 bits per heavy atom. The molecule has 2 atom stereocenters. The van der Waals surface area contributed by atoms with Crippen LogP contribution in [0.25, 0.3) is 0 Å². The number of fused-ring (bicyclic) bond motifs is 1. The largest absolute Gasteiger partial charge is 0.382 e. The van der Waals surface area contributed by atoms with Crippen LogP contribution < -0.4 is 20.9 Å². The number of rotatable bonds is 2. The van der Waals surface area contributed by atoms with Crippen LogP contribution in [0.4, 0.5) is 17.2 Å². The third-order valence-electron chi connectivity index (χ3n) is 5.88. The SMILES string of the molecule is CC[C@H]1[C@H](C)Cc2cc(N3CCNCC3)ccc2N1C(C)=O.N#Cc1cnc(N)cn1. The van der Waals surface area contributed by atoms with Crippen LogP contribution in [0.3, 0.4) is 0 Å². The molecule has 1 aromatic carbocycles. The molecule has 3 heterocycles. The van der Waals surface area contributed by atoms with E-state index in [4.69, 9.17) is 11.0 Å². The number of nitrogens with one attached hydrogen (secondary N) is 1. The highest BCUT2D eigenvalue weighted by molar-refractivity contribution is 5.94. The van der Waals surface area contributed by atoms with E-state index in [1.165, 1.54) is 23.6 Å². The molecule has 4 rings (SSSR count). The molecule has 1 fully saturated rings. The van der Waals surface area contributed by atoms with Crippen molar-refractivity contribution in [3.05, 3.63) is 41.9 Å². The number of nitriles is 1. The second-order valence-corrected chi connectivity index (χ2v) is 8.03. The van der Waals surface area contributed by atoms with Crippen molar-refractivity contribution in [2.75, 3.05) is 41.7 Å². The lowest BCUT2D eigenvalue weighted by Gasteiger charge is -2.41. The van der Waals surface area contributed by atoms with Gasteiger partial charge in [0, 0.05) is 50.5 Å². The lowest BCUT2D eigenvalue weighted by Crippen LogP contribution is -2.47. The molecule has 0 bridgehead atoms. The number of hydrogen-bond acceptors (Lipinski definition) is 7. The van der Waals surface area contributed by atoms with E-state index in [0.717, 1.165) is 44.7 Å². The highest BCUT2D eigenvalue weighted by Crippen LogP contribution is 2.37. The smallest absolute Gasteiger partial charge is 0.224 e. The number of anilines is 3. The van der Waals surface area contributed by atoms with E-state index >= 15 is 0 Å². The molecule has 2 aliphatic heterocycles. The van der Waals surface area contributed by atoms with Crippen molar-refractivity contribution in [3.8, 4) is 6.07 Å². The monoisotopic (exact) mass is 421 g/mol. The van der Waals surface area contributed by atoms with Gasteiger partial charge in [0.05, 0.1) is 12.4 Å². The number of carbonyl (C=O) groups is 1. The maximum atomic E-state index is 12.2. The van der Waals surface area contributed by atoms with Crippen molar-refractivity contribution in [1.29, 1.82) is 5.26 Å². The van der Waals surface area contributed by atoms with Crippen molar-refractivity contribution in [1.82, 2.24) is 15.3 Å². The number of piperazine rings is 1. The molecular formula is C23H31N7O. The lowest BCUT2D eigenvalue weighted by atomic mass is 9.85. The second-order valence-electron chi connectivity index (χ2n) is 8.03. The Balaban J connectivity index is 0.000000254. The molecule has 31 heavy (non-hydrogen) atoms. The van der Waals surface area contributed by atoms with Gasteiger partial charge in [-0.1, -0.05) is 13.8 Å². The van der Waals surface area contributed by atoms with Gasteiger partial charge in [-0.05, 0) is 42.5 Å². The van der Waals surface area contributed by atoms with Gasteiger partial charge < -0.3 is 20.9 Å². The van der Waals surface area contributed by atoms with Crippen LogP contribution in [0, 0.1) is 17.2 Å². The number of carbonyl (C=O) groups excluding carboxylic acids is 1. The molecule has 1 amide bonds. The molecule has 2 aliphatic rings. The maximum absolute atomic E-state index is 12.2. The summed E-state index contributed by atoms with van der Waals surface area (Å²) in [4.78, 5) is 23.9. The average Bonchev–Trinajstić information content (AvgIpc) is 2.79. The van der Waals surface area contributed by atoms with Crippen LogP contribution in [-0.4, -0.2) is 48.1 Å². The Bertz CT molecular complexity index is 932. The molecule has 8 nitrogen and oxygen atoms in total. The predicted molar refractivity (Wildman–Crippen MR) is 123 cm³/mol. The van der Waals surface area contributed by atoms with Gasteiger partial charge in [-0.2, -0.15) is 5.26 Å². The van der Waals surface area contributed by atoms with Crippen LogP contribution in [-0.2, 0) is 11.2 Å². The summed E-state index contributed by atoms with van der Waals surface area (Å²) in [6.45, 7) is 10.3. The number of amides is 1. The molecule has 1 aromatic heterocycles. The van der Waals surface area contributed by atoms with Gasteiger partial charge in [-0.15, -0.1) is 0 Å². The predicted octanol–water partition coefficient (Wildman–Crippen LogP) is 2.35. The third-order valence-corrected chi connectivity index (χ3v) is 5.88. The van der Waals surface area contributed by atoms with E-state index in [1.54, 1.807) is 6.92 Å².